The number of alkyl halides is 2. The molecule has 11 heteroatoms. The number of ether oxygens (including phenoxy) is 1. The lowest BCUT2D eigenvalue weighted by Crippen LogP contribution is -2.37. The number of nitrogens with zero attached hydrogens (tertiary/aromatic N) is 5. The lowest BCUT2D eigenvalue weighted by atomic mass is 10.3. The molecular weight excluding hydrogens is 418 g/mol. The van der Waals surface area contributed by atoms with Crippen LogP contribution in [-0.4, -0.2) is 51.4 Å². The molecule has 29 heavy (non-hydrogen) atoms. The van der Waals surface area contributed by atoms with Crippen molar-refractivity contribution >= 4 is 34.6 Å². The molecule has 0 bridgehead atoms. The lowest BCUT2D eigenvalue weighted by molar-refractivity contribution is 0.122. The van der Waals surface area contributed by atoms with Crippen molar-refractivity contribution in [3.05, 3.63) is 23.5 Å². The summed E-state index contributed by atoms with van der Waals surface area (Å²) in [7, 11) is 0. The average Bonchev–Trinajstić information content (AvgIpc) is 3.11. The van der Waals surface area contributed by atoms with Gasteiger partial charge in [0.1, 0.15) is 17.8 Å². The van der Waals surface area contributed by atoms with E-state index in [-0.39, 0.29) is 10.5 Å². The molecule has 2 aliphatic rings. The molecular formula is C18H20F2N6OS2. The minimum absolute atomic E-state index is 0.185. The van der Waals surface area contributed by atoms with Gasteiger partial charge in [0.2, 0.25) is 0 Å². The van der Waals surface area contributed by atoms with E-state index in [4.69, 9.17) is 4.74 Å². The van der Waals surface area contributed by atoms with E-state index in [1.54, 1.807) is 18.3 Å². The van der Waals surface area contributed by atoms with Gasteiger partial charge in [0.25, 0.3) is 6.43 Å². The van der Waals surface area contributed by atoms with Crippen molar-refractivity contribution in [1.82, 2.24) is 24.3 Å². The second-order valence-corrected chi connectivity index (χ2v) is 9.40. The number of halogens is 2. The molecule has 0 amide bonds. The standard InChI is InChI=1S/C18H20F2N6OS2/c1-18(2-3-18)24-29-11-8-12-14(16-22-23-17(28-16)15(19)20)21-10-26(12)13(9-11)25-4-6-27-7-5-25/h8-10,15,24H,2-7H2,1H3. The maximum atomic E-state index is 13.0. The summed E-state index contributed by atoms with van der Waals surface area (Å²) in [6.45, 7) is 5.13. The molecule has 2 fully saturated rings. The van der Waals surface area contributed by atoms with E-state index in [9.17, 15) is 8.78 Å². The molecule has 0 unspecified atom stereocenters. The first-order valence-corrected chi connectivity index (χ1v) is 11.1. The topological polar surface area (TPSA) is 67.6 Å². The summed E-state index contributed by atoms with van der Waals surface area (Å²) in [6.07, 6.45) is 1.42. The molecule has 1 saturated carbocycles. The second-order valence-electron chi connectivity index (χ2n) is 7.51. The molecule has 5 rings (SSSR count). The number of nitrogens with one attached hydrogen (secondary N) is 1. The molecule has 1 saturated heterocycles. The number of morpholine rings is 1. The predicted molar refractivity (Wildman–Crippen MR) is 109 cm³/mol. The van der Waals surface area contributed by atoms with Crippen LogP contribution in [0.15, 0.2) is 23.4 Å². The van der Waals surface area contributed by atoms with Crippen molar-refractivity contribution in [3.63, 3.8) is 0 Å². The van der Waals surface area contributed by atoms with Gasteiger partial charge in [-0.05, 0) is 43.8 Å². The Bertz CT molecular complexity index is 1030. The number of aromatic nitrogens is 4. The normalized spacial score (nSPS) is 18.7. The minimum Gasteiger partial charge on any atom is -0.378 e. The Morgan fingerprint density at radius 2 is 2.03 bits per heavy atom. The minimum atomic E-state index is -2.63. The summed E-state index contributed by atoms with van der Waals surface area (Å²) in [5.41, 5.74) is 1.59. The molecule has 3 aromatic heterocycles. The zero-order valence-corrected chi connectivity index (χ0v) is 17.4. The molecule has 154 valence electrons. The van der Waals surface area contributed by atoms with E-state index in [0.717, 1.165) is 53.5 Å². The van der Waals surface area contributed by atoms with Crippen molar-refractivity contribution in [2.24, 2.45) is 0 Å². The first kappa shape index (κ1) is 19.2. The quantitative estimate of drug-likeness (QED) is 0.588. The third kappa shape index (κ3) is 3.83. The summed E-state index contributed by atoms with van der Waals surface area (Å²) in [5.74, 6) is 1.01. The number of rotatable bonds is 6. The molecule has 0 aromatic carbocycles. The van der Waals surface area contributed by atoms with Gasteiger partial charge in [-0.1, -0.05) is 11.3 Å². The van der Waals surface area contributed by atoms with Crippen LogP contribution < -0.4 is 9.62 Å². The number of fused-ring (bicyclic) bond motifs is 1. The van der Waals surface area contributed by atoms with Crippen molar-refractivity contribution in [2.75, 3.05) is 31.2 Å². The highest BCUT2D eigenvalue weighted by molar-refractivity contribution is 7.97. The van der Waals surface area contributed by atoms with E-state index < -0.39 is 6.43 Å². The zero-order valence-electron chi connectivity index (χ0n) is 15.8. The smallest absolute Gasteiger partial charge is 0.291 e. The lowest BCUT2D eigenvalue weighted by Gasteiger charge is -2.29. The summed E-state index contributed by atoms with van der Waals surface area (Å²) < 4.78 is 37.0. The van der Waals surface area contributed by atoms with Crippen LogP contribution in [0.4, 0.5) is 14.6 Å². The van der Waals surface area contributed by atoms with Crippen LogP contribution in [0.5, 0.6) is 0 Å². The third-order valence-electron chi connectivity index (χ3n) is 5.18. The van der Waals surface area contributed by atoms with E-state index in [2.05, 4.69) is 37.8 Å². The van der Waals surface area contributed by atoms with Gasteiger partial charge in [0.15, 0.2) is 10.0 Å². The van der Waals surface area contributed by atoms with Crippen molar-refractivity contribution in [3.8, 4) is 10.7 Å². The van der Waals surface area contributed by atoms with E-state index in [0.29, 0.717) is 23.9 Å². The third-order valence-corrected chi connectivity index (χ3v) is 7.19. The van der Waals surface area contributed by atoms with E-state index >= 15 is 0 Å². The predicted octanol–water partition coefficient (Wildman–Crippen LogP) is 3.78. The Kier molecular flexibility index (Phi) is 4.93. The van der Waals surface area contributed by atoms with Gasteiger partial charge in [0, 0.05) is 23.5 Å². The Hall–Kier alpha value is -1.82. The maximum Gasteiger partial charge on any atom is 0.291 e. The van der Waals surface area contributed by atoms with Crippen molar-refractivity contribution in [2.45, 2.75) is 36.6 Å². The van der Waals surface area contributed by atoms with Crippen LogP contribution >= 0.6 is 23.3 Å². The zero-order chi connectivity index (χ0) is 20.0. The van der Waals surface area contributed by atoms with E-state index in [1.807, 2.05) is 10.5 Å². The SMILES string of the molecule is CC1(NSc2cc(N3CCOCC3)n3cnc(-c4nnc(C(F)F)s4)c3c2)CC1. The Balaban J connectivity index is 1.57. The van der Waals surface area contributed by atoms with Gasteiger partial charge in [-0.2, -0.15) is 0 Å². The number of imidazole rings is 1. The molecule has 1 aliphatic heterocycles. The first-order valence-electron chi connectivity index (χ1n) is 9.42. The number of anilines is 1. The fraction of sp³-hybridized carbons (Fsp3) is 0.500. The van der Waals surface area contributed by atoms with Gasteiger partial charge < -0.3 is 9.64 Å². The molecule has 1 N–H and O–H groups in total. The summed E-state index contributed by atoms with van der Waals surface area (Å²) in [6, 6.07) is 4.16. The fourth-order valence-electron chi connectivity index (χ4n) is 3.20. The van der Waals surface area contributed by atoms with Crippen LogP contribution in [0.3, 0.4) is 0 Å². The van der Waals surface area contributed by atoms with Crippen LogP contribution in [0.1, 0.15) is 31.2 Å². The second kappa shape index (κ2) is 7.46. The maximum absolute atomic E-state index is 13.0. The number of hydrogen-bond acceptors (Lipinski definition) is 8. The van der Waals surface area contributed by atoms with Gasteiger partial charge >= 0.3 is 0 Å². The molecule has 3 aromatic rings. The number of pyridine rings is 1. The summed E-state index contributed by atoms with van der Waals surface area (Å²) in [4.78, 5) is 7.80. The highest BCUT2D eigenvalue weighted by Gasteiger charge is 2.37. The van der Waals surface area contributed by atoms with Gasteiger partial charge in [-0.25, -0.2) is 13.8 Å². The highest BCUT2D eigenvalue weighted by Crippen LogP contribution is 2.39. The molecule has 0 radical (unpaired) electrons. The largest absolute Gasteiger partial charge is 0.378 e. The first-order chi connectivity index (χ1) is 14.0. The van der Waals surface area contributed by atoms with Gasteiger partial charge in [-0.15, -0.1) is 10.2 Å². The Morgan fingerprint density at radius 3 is 2.72 bits per heavy atom. The monoisotopic (exact) mass is 438 g/mol. The molecule has 4 heterocycles. The molecule has 7 nitrogen and oxygen atoms in total. The van der Waals surface area contributed by atoms with Crippen molar-refractivity contribution in [1.29, 1.82) is 0 Å². The molecule has 0 atom stereocenters. The highest BCUT2D eigenvalue weighted by atomic mass is 32.2. The molecule has 1 aliphatic carbocycles. The summed E-state index contributed by atoms with van der Waals surface area (Å²) >= 11 is 2.48. The average molecular weight is 439 g/mol. The van der Waals surface area contributed by atoms with E-state index in [1.165, 1.54) is 0 Å². The fourth-order valence-corrected chi connectivity index (χ4v) is 4.81. The van der Waals surface area contributed by atoms with Crippen LogP contribution in [-0.2, 0) is 4.74 Å². The van der Waals surface area contributed by atoms with Crippen molar-refractivity contribution < 1.29 is 13.5 Å². The Morgan fingerprint density at radius 1 is 1.24 bits per heavy atom. The van der Waals surface area contributed by atoms with Crippen LogP contribution in [0.25, 0.3) is 16.2 Å². The Labute approximate surface area is 174 Å². The van der Waals surface area contributed by atoms with Crippen LogP contribution in [0.2, 0.25) is 0 Å². The molecule has 0 spiro atoms. The van der Waals surface area contributed by atoms with Gasteiger partial charge in [0.05, 0.1) is 18.7 Å². The summed E-state index contributed by atoms with van der Waals surface area (Å²) in [5, 5.41) is 7.68. The van der Waals surface area contributed by atoms with Crippen LogP contribution in [0, 0.1) is 0 Å². The number of hydrogen-bond donors (Lipinski definition) is 1. The van der Waals surface area contributed by atoms with Gasteiger partial charge in [-0.3, -0.25) is 9.12 Å².